The maximum Gasteiger partial charge on any atom is 0.419 e. The number of benzene rings is 2. The van der Waals surface area contributed by atoms with Crippen molar-refractivity contribution in [1.82, 2.24) is 4.57 Å². The van der Waals surface area contributed by atoms with Crippen LogP contribution in [0.1, 0.15) is 27.9 Å². The van der Waals surface area contributed by atoms with Gasteiger partial charge in [-0.2, -0.15) is 0 Å². The minimum Gasteiger partial charge on any atom is -0.457 e. The maximum atomic E-state index is 12.1. The predicted molar refractivity (Wildman–Crippen MR) is 101 cm³/mol. The van der Waals surface area contributed by atoms with E-state index in [9.17, 15) is 14.4 Å². The maximum absolute atomic E-state index is 12.1. The molecule has 0 aliphatic heterocycles. The summed E-state index contributed by atoms with van der Waals surface area (Å²) in [5.41, 5.74) is 3.48. The van der Waals surface area contributed by atoms with Gasteiger partial charge in [-0.05, 0) is 43.2 Å². The van der Waals surface area contributed by atoms with Crippen LogP contribution in [0.15, 0.2) is 45.6 Å². The molecule has 0 fully saturated rings. The Morgan fingerprint density at radius 2 is 1.89 bits per heavy atom. The lowest BCUT2D eigenvalue weighted by atomic mass is 10.0. The highest BCUT2D eigenvalue weighted by atomic mass is 35.5. The molecular weight excluding hydrogens is 370 g/mol. The van der Waals surface area contributed by atoms with Crippen molar-refractivity contribution >= 4 is 34.5 Å². The molecule has 0 unspecified atom stereocenters. The van der Waals surface area contributed by atoms with E-state index >= 15 is 0 Å². The Labute approximate surface area is 160 Å². The molecule has 27 heavy (non-hydrogen) atoms. The van der Waals surface area contributed by atoms with Crippen molar-refractivity contribution in [3.8, 4) is 0 Å². The number of oxazole rings is 1. The summed E-state index contributed by atoms with van der Waals surface area (Å²) in [6, 6.07) is 10.2. The fourth-order valence-corrected chi connectivity index (χ4v) is 2.83. The van der Waals surface area contributed by atoms with Crippen molar-refractivity contribution in [3.05, 3.63) is 68.7 Å². The molecule has 6 nitrogen and oxygen atoms in total. The zero-order valence-electron chi connectivity index (χ0n) is 15.0. The van der Waals surface area contributed by atoms with Crippen LogP contribution in [0, 0.1) is 13.8 Å². The fourth-order valence-electron chi connectivity index (χ4n) is 2.67. The second-order valence-electron chi connectivity index (χ2n) is 6.26. The Morgan fingerprint density at radius 1 is 1.11 bits per heavy atom. The van der Waals surface area contributed by atoms with Crippen molar-refractivity contribution < 1.29 is 18.7 Å². The van der Waals surface area contributed by atoms with E-state index in [1.807, 2.05) is 19.9 Å². The third kappa shape index (κ3) is 4.28. The number of esters is 1. The van der Waals surface area contributed by atoms with Gasteiger partial charge < -0.3 is 9.15 Å². The molecule has 140 valence electrons. The van der Waals surface area contributed by atoms with Crippen molar-refractivity contribution in [1.29, 1.82) is 0 Å². The Morgan fingerprint density at radius 3 is 2.63 bits per heavy atom. The molecule has 0 bridgehead atoms. The van der Waals surface area contributed by atoms with Gasteiger partial charge in [0.05, 0.1) is 11.9 Å². The molecule has 0 atom stereocenters. The zero-order chi connectivity index (χ0) is 19.6. The Balaban J connectivity index is 1.59. The van der Waals surface area contributed by atoms with Gasteiger partial charge in [0, 0.05) is 23.2 Å². The second kappa shape index (κ2) is 7.80. The lowest BCUT2D eigenvalue weighted by Gasteiger charge is -2.07. The van der Waals surface area contributed by atoms with E-state index in [4.69, 9.17) is 20.8 Å². The molecule has 1 aromatic heterocycles. The molecule has 0 spiro atoms. The summed E-state index contributed by atoms with van der Waals surface area (Å²) >= 11 is 5.87. The zero-order valence-corrected chi connectivity index (χ0v) is 15.7. The molecule has 2 aromatic carbocycles. The highest BCUT2D eigenvalue weighted by Crippen LogP contribution is 2.18. The van der Waals surface area contributed by atoms with E-state index in [1.54, 1.807) is 24.3 Å². The van der Waals surface area contributed by atoms with Crippen LogP contribution in [0.4, 0.5) is 0 Å². The molecule has 0 N–H and O–H groups in total. The third-order valence-electron chi connectivity index (χ3n) is 4.36. The standard InChI is InChI=1S/C20H18ClNO5/c1-12-3-4-14(9-13(12)2)17(23)11-26-19(24)7-8-22-16-6-5-15(21)10-18(16)27-20(22)25/h3-6,9-10H,7-8,11H2,1-2H3. The van der Waals surface area contributed by atoms with Crippen LogP contribution in [0.2, 0.25) is 5.02 Å². The number of Topliss-reactive ketones (excluding diaryl/α,β-unsaturated/α-hetero) is 1. The molecule has 0 saturated heterocycles. The Kier molecular flexibility index (Phi) is 5.46. The monoisotopic (exact) mass is 387 g/mol. The Bertz CT molecular complexity index is 1080. The lowest BCUT2D eigenvalue weighted by molar-refractivity contribution is -0.142. The number of aryl methyl sites for hydroxylation is 3. The molecule has 3 aromatic rings. The van der Waals surface area contributed by atoms with Gasteiger partial charge in [0.1, 0.15) is 0 Å². The number of nitrogens with zero attached hydrogens (tertiary/aromatic N) is 1. The Hall–Kier alpha value is -2.86. The number of hydrogen-bond acceptors (Lipinski definition) is 5. The lowest BCUT2D eigenvalue weighted by Crippen LogP contribution is -2.19. The van der Waals surface area contributed by atoms with Crippen molar-refractivity contribution in [2.45, 2.75) is 26.8 Å². The number of carbonyl (C=O) groups excluding carboxylic acids is 2. The minimum atomic E-state index is -0.578. The molecule has 0 amide bonds. The number of rotatable bonds is 6. The van der Waals surface area contributed by atoms with E-state index in [1.165, 1.54) is 10.6 Å². The van der Waals surface area contributed by atoms with E-state index < -0.39 is 11.7 Å². The quantitative estimate of drug-likeness (QED) is 0.476. The largest absolute Gasteiger partial charge is 0.457 e. The second-order valence-corrected chi connectivity index (χ2v) is 6.70. The van der Waals surface area contributed by atoms with Crippen LogP contribution in [-0.4, -0.2) is 22.9 Å². The molecule has 1 heterocycles. The summed E-state index contributed by atoms with van der Waals surface area (Å²) in [4.78, 5) is 36.0. The van der Waals surface area contributed by atoms with Gasteiger partial charge >= 0.3 is 11.7 Å². The number of ether oxygens (including phenoxy) is 1. The predicted octanol–water partition coefficient (Wildman–Crippen LogP) is 3.68. The molecule has 0 aliphatic rings. The summed E-state index contributed by atoms with van der Waals surface area (Å²) in [6.45, 7) is 3.62. The summed E-state index contributed by atoms with van der Waals surface area (Å²) in [5, 5.41) is 0.452. The van der Waals surface area contributed by atoms with Crippen LogP contribution < -0.4 is 5.76 Å². The number of fused-ring (bicyclic) bond motifs is 1. The van der Waals surface area contributed by atoms with Gasteiger partial charge in [0.15, 0.2) is 18.0 Å². The molecule has 7 heteroatoms. The van der Waals surface area contributed by atoms with Gasteiger partial charge in [-0.1, -0.05) is 23.7 Å². The van der Waals surface area contributed by atoms with Crippen LogP contribution >= 0.6 is 11.6 Å². The topological polar surface area (TPSA) is 78.5 Å². The summed E-state index contributed by atoms with van der Waals surface area (Å²) in [6.07, 6.45) is -0.0582. The van der Waals surface area contributed by atoms with E-state index in [0.717, 1.165) is 11.1 Å². The smallest absolute Gasteiger partial charge is 0.419 e. The molecule has 3 rings (SSSR count). The van der Waals surface area contributed by atoms with Crippen LogP contribution in [0.3, 0.4) is 0 Å². The van der Waals surface area contributed by atoms with E-state index in [-0.39, 0.29) is 25.4 Å². The van der Waals surface area contributed by atoms with Gasteiger partial charge in [-0.25, -0.2) is 4.79 Å². The van der Waals surface area contributed by atoms with Crippen molar-refractivity contribution in [3.63, 3.8) is 0 Å². The van der Waals surface area contributed by atoms with Gasteiger partial charge in [0.2, 0.25) is 0 Å². The van der Waals surface area contributed by atoms with Gasteiger partial charge in [-0.3, -0.25) is 14.2 Å². The first-order chi connectivity index (χ1) is 12.8. The highest BCUT2D eigenvalue weighted by Gasteiger charge is 2.14. The normalized spacial score (nSPS) is 10.9. The van der Waals surface area contributed by atoms with Gasteiger partial charge in [-0.15, -0.1) is 0 Å². The first-order valence-corrected chi connectivity index (χ1v) is 8.78. The van der Waals surface area contributed by atoms with E-state index in [0.29, 0.717) is 21.7 Å². The van der Waals surface area contributed by atoms with E-state index in [2.05, 4.69) is 0 Å². The SMILES string of the molecule is Cc1ccc(C(=O)COC(=O)CCn2c(=O)oc3cc(Cl)ccc32)cc1C. The molecular formula is C20H18ClNO5. The number of carbonyl (C=O) groups is 2. The number of halogens is 1. The van der Waals surface area contributed by atoms with Crippen LogP contribution in [0.25, 0.3) is 11.1 Å². The van der Waals surface area contributed by atoms with Crippen LogP contribution in [-0.2, 0) is 16.1 Å². The number of aromatic nitrogens is 1. The molecule has 0 radical (unpaired) electrons. The van der Waals surface area contributed by atoms with Crippen molar-refractivity contribution in [2.75, 3.05) is 6.61 Å². The minimum absolute atomic E-state index is 0.0582. The average Bonchev–Trinajstić information content (AvgIpc) is 2.94. The number of ketones is 1. The molecule has 0 aliphatic carbocycles. The molecule has 0 saturated carbocycles. The summed E-state index contributed by atoms with van der Waals surface area (Å²) in [5.74, 6) is -1.42. The summed E-state index contributed by atoms with van der Waals surface area (Å²) in [7, 11) is 0. The third-order valence-corrected chi connectivity index (χ3v) is 4.60. The fraction of sp³-hybridized carbons (Fsp3) is 0.250. The van der Waals surface area contributed by atoms with Crippen molar-refractivity contribution in [2.24, 2.45) is 0 Å². The van der Waals surface area contributed by atoms with Crippen LogP contribution in [0.5, 0.6) is 0 Å². The summed E-state index contributed by atoms with van der Waals surface area (Å²) < 4.78 is 11.5. The average molecular weight is 388 g/mol. The highest BCUT2D eigenvalue weighted by molar-refractivity contribution is 6.31. The first-order valence-electron chi connectivity index (χ1n) is 8.40. The van der Waals surface area contributed by atoms with Gasteiger partial charge in [0.25, 0.3) is 0 Å². The number of hydrogen-bond donors (Lipinski definition) is 0. The first kappa shape index (κ1) is 18.9.